The maximum atomic E-state index is 12.6. The summed E-state index contributed by atoms with van der Waals surface area (Å²) in [7, 11) is 1.65. The summed E-state index contributed by atoms with van der Waals surface area (Å²) in [5.41, 5.74) is 3.07. The predicted octanol–water partition coefficient (Wildman–Crippen LogP) is 2.89. The first-order chi connectivity index (χ1) is 13.0. The Morgan fingerprint density at radius 1 is 1.41 bits per heavy atom. The molecule has 1 aliphatic heterocycles. The maximum absolute atomic E-state index is 12.6. The third-order valence-corrected chi connectivity index (χ3v) is 6.45. The fourth-order valence-electron chi connectivity index (χ4n) is 2.88. The van der Waals surface area contributed by atoms with Crippen LogP contribution in [0, 0.1) is 19.8 Å². The third kappa shape index (κ3) is 4.66. The number of anilines is 2. The van der Waals surface area contributed by atoms with E-state index < -0.39 is 5.92 Å². The molecule has 144 valence electrons. The average Bonchev–Trinajstić information content (AvgIpc) is 3.24. The molecule has 0 radical (unpaired) electrons. The molecule has 1 aliphatic rings. The van der Waals surface area contributed by atoms with Crippen molar-refractivity contribution in [1.29, 1.82) is 0 Å². The number of ether oxygens (including phenoxy) is 1. The molecule has 2 aromatic rings. The third-order valence-electron chi connectivity index (χ3n) is 4.51. The highest BCUT2D eigenvalue weighted by molar-refractivity contribution is 8.01. The van der Waals surface area contributed by atoms with Gasteiger partial charge in [0, 0.05) is 31.5 Å². The van der Waals surface area contributed by atoms with Gasteiger partial charge in [-0.25, -0.2) is 0 Å². The smallest absolute Gasteiger partial charge is 0.231 e. The minimum Gasteiger partial charge on any atom is -0.384 e. The van der Waals surface area contributed by atoms with Gasteiger partial charge in [0.05, 0.1) is 12.5 Å². The SMILES string of the molecule is COCCSc1nnc(NC(=O)C2CC(=O)N(c3cccc(C)c3C)C2)s1. The summed E-state index contributed by atoms with van der Waals surface area (Å²) in [4.78, 5) is 26.7. The maximum Gasteiger partial charge on any atom is 0.231 e. The van der Waals surface area contributed by atoms with E-state index in [2.05, 4.69) is 15.5 Å². The molecule has 7 nitrogen and oxygen atoms in total. The van der Waals surface area contributed by atoms with Crippen molar-refractivity contribution < 1.29 is 14.3 Å². The van der Waals surface area contributed by atoms with E-state index in [1.807, 2.05) is 32.0 Å². The summed E-state index contributed by atoms with van der Waals surface area (Å²) < 4.78 is 5.78. The predicted molar refractivity (Wildman–Crippen MR) is 108 cm³/mol. The van der Waals surface area contributed by atoms with Crippen LogP contribution in [0.3, 0.4) is 0 Å². The second-order valence-corrected chi connectivity index (χ2v) is 8.65. The summed E-state index contributed by atoms with van der Waals surface area (Å²) in [6, 6.07) is 5.87. The van der Waals surface area contributed by atoms with Crippen LogP contribution >= 0.6 is 23.1 Å². The Morgan fingerprint density at radius 2 is 2.22 bits per heavy atom. The number of amides is 2. The second kappa shape index (κ2) is 8.81. The molecule has 1 saturated heterocycles. The number of benzene rings is 1. The lowest BCUT2D eigenvalue weighted by Crippen LogP contribution is -2.28. The molecule has 1 unspecified atom stereocenters. The Labute approximate surface area is 166 Å². The highest BCUT2D eigenvalue weighted by Crippen LogP contribution is 2.31. The number of methoxy groups -OCH3 is 1. The number of aromatic nitrogens is 2. The molecule has 2 amide bonds. The summed E-state index contributed by atoms with van der Waals surface area (Å²) >= 11 is 2.86. The molecule has 1 atom stereocenters. The van der Waals surface area contributed by atoms with Crippen LogP contribution in [0.25, 0.3) is 0 Å². The van der Waals surface area contributed by atoms with Crippen molar-refractivity contribution in [2.45, 2.75) is 24.6 Å². The van der Waals surface area contributed by atoms with Crippen molar-refractivity contribution in [3.05, 3.63) is 29.3 Å². The van der Waals surface area contributed by atoms with Crippen molar-refractivity contribution in [3.63, 3.8) is 0 Å². The highest BCUT2D eigenvalue weighted by Gasteiger charge is 2.36. The summed E-state index contributed by atoms with van der Waals surface area (Å²) in [6.07, 6.45) is 0.202. The zero-order valence-corrected chi connectivity index (χ0v) is 17.2. The van der Waals surface area contributed by atoms with E-state index in [-0.39, 0.29) is 18.2 Å². The van der Waals surface area contributed by atoms with Gasteiger partial charge in [-0.2, -0.15) is 0 Å². The summed E-state index contributed by atoms with van der Waals surface area (Å²) in [6.45, 7) is 5.02. The number of carbonyl (C=O) groups is 2. The van der Waals surface area contributed by atoms with Crippen molar-refractivity contribution in [2.24, 2.45) is 5.92 Å². The lowest BCUT2D eigenvalue weighted by Gasteiger charge is -2.20. The Bertz CT molecular complexity index is 840. The zero-order valence-electron chi connectivity index (χ0n) is 15.5. The average molecular weight is 407 g/mol. The van der Waals surface area contributed by atoms with Crippen molar-refractivity contribution >= 4 is 45.7 Å². The number of thioether (sulfide) groups is 1. The number of nitrogens with one attached hydrogen (secondary N) is 1. The van der Waals surface area contributed by atoms with Gasteiger partial charge in [-0.3, -0.25) is 9.59 Å². The van der Waals surface area contributed by atoms with Crippen LogP contribution in [0.2, 0.25) is 0 Å². The molecule has 2 heterocycles. The van der Waals surface area contributed by atoms with Crippen LogP contribution < -0.4 is 10.2 Å². The first-order valence-corrected chi connectivity index (χ1v) is 10.4. The van der Waals surface area contributed by atoms with Crippen molar-refractivity contribution in [1.82, 2.24) is 10.2 Å². The van der Waals surface area contributed by atoms with E-state index in [4.69, 9.17) is 4.74 Å². The van der Waals surface area contributed by atoms with Gasteiger partial charge in [0.15, 0.2) is 4.34 Å². The van der Waals surface area contributed by atoms with Gasteiger partial charge in [0.1, 0.15) is 0 Å². The van der Waals surface area contributed by atoms with E-state index in [1.165, 1.54) is 23.1 Å². The Hall–Kier alpha value is -1.97. The fraction of sp³-hybridized carbons (Fsp3) is 0.444. The molecule has 9 heteroatoms. The molecule has 1 fully saturated rings. The molecular weight excluding hydrogens is 384 g/mol. The topological polar surface area (TPSA) is 84.4 Å². The Kier molecular flexibility index (Phi) is 6.46. The van der Waals surface area contributed by atoms with Crippen molar-refractivity contribution in [3.8, 4) is 0 Å². The number of rotatable bonds is 7. The molecule has 1 N–H and O–H groups in total. The number of nitrogens with zero attached hydrogens (tertiary/aromatic N) is 3. The Balaban J connectivity index is 1.61. The fourth-order valence-corrected chi connectivity index (χ4v) is 4.61. The monoisotopic (exact) mass is 406 g/mol. The van der Waals surface area contributed by atoms with Gasteiger partial charge < -0.3 is 15.0 Å². The van der Waals surface area contributed by atoms with E-state index in [0.717, 1.165) is 26.9 Å². The number of carbonyl (C=O) groups excluding carboxylic acids is 2. The zero-order chi connectivity index (χ0) is 19.4. The molecule has 1 aromatic carbocycles. The van der Waals surface area contributed by atoms with E-state index >= 15 is 0 Å². The van der Waals surface area contributed by atoms with Gasteiger partial charge in [0.2, 0.25) is 16.9 Å². The number of aryl methyl sites for hydroxylation is 1. The van der Waals surface area contributed by atoms with E-state index in [0.29, 0.717) is 18.3 Å². The van der Waals surface area contributed by atoms with Gasteiger partial charge in [-0.15, -0.1) is 10.2 Å². The largest absolute Gasteiger partial charge is 0.384 e. The highest BCUT2D eigenvalue weighted by atomic mass is 32.2. The van der Waals surface area contributed by atoms with E-state index in [9.17, 15) is 9.59 Å². The van der Waals surface area contributed by atoms with Crippen LogP contribution in [0.15, 0.2) is 22.5 Å². The minimum absolute atomic E-state index is 0.0306. The van der Waals surface area contributed by atoms with Crippen LogP contribution in [-0.2, 0) is 14.3 Å². The summed E-state index contributed by atoms with van der Waals surface area (Å²) in [5, 5.41) is 11.3. The van der Waals surface area contributed by atoms with E-state index in [1.54, 1.807) is 12.0 Å². The lowest BCUT2D eigenvalue weighted by molar-refractivity contribution is -0.122. The summed E-state index contributed by atoms with van der Waals surface area (Å²) in [5.74, 6) is 0.157. The quantitative estimate of drug-likeness (QED) is 0.432. The lowest BCUT2D eigenvalue weighted by atomic mass is 10.1. The number of hydrogen-bond donors (Lipinski definition) is 1. The molecule has 0 aliphatic carbocycles. The molecule has 0 saturated carbocycles. The molecule has 27 heavy (non-hydrogen) atoms. The standard InChI is InChI=1S/C18H22N4O3S2/c1-11-5-4-6-14(12(11)2)22-10-13(9-15(22)23)16(24)19-17-20-21-18(27-17)26-8-7-25-3/h4-6,13H,7-10H2,1-3H3,(H,19,20,24). The number of hydrogen-bond acceptors (Lipinski definition) is 7. The Morgan fingerprint density at radius 3 is 3.00 bits per heavy atom. The molecular formula is C18H22N4O3S2. The van der Waals surface area contributed by atoms with Gasteiger partial charge in [0.25, 0.3) is 0 Å². The minimum atomic E-state index is -0.397. The first-order valence-electron chi connectivity index (χ1n) is 8.62. The van der Waals surface area contributed by atoms with Crippen LogP contribution in [0.1, 0.15) is 17.5 Å². The second-order valence-electron chi connectivity index (χ2n) is 6.33. The first kappa shape index (κ1) is 19.8. The van der Waals surface area contributed by atoms with Crippen LogP contribution in [0.5, 0.6) is 0 Å². The molecule has 0 bridgehead atoms. The molecule has 1 aromatic heterocycles. The van der Waals surface area contributed by atoms with Gasteiger partial charge in [-0.1, -0.05) is 35.2 Å². The molecule has 0 spiro atoms. The van der Waals surface area contributed by atoms with Crippen LogP contribution in [-0.4, -0.2) is 48.0 Å². The molecule has 3 rings (SSSR count). The van der Waals surface area contributed by atoms with Crippen LogP contribution in [0.4, 0.5) is 10.8 Å². The van der Waals surface area contributed by atoms with Gasteiger partial charge >= 0.3 is 0 Å². The van der Waals surface area contributed by atoms with Gasteiger partial charge in [-0.05, 0) is 31.0 Å². The normalized spacial score (nSPS) is 16.8. The van der Waals surface area contributed by atoms with Crippen molar-refractivity contribution in [2.75, 3.05) is 36.2 Å².